The van der Waals surface area contributed by atoms with Gasteiger partial charge in [0.2, 0.25) is 0 Å². The van der Waals surface area contributed by atoms with E-state index in [9.17, 15) is 0 Å². The molecule has 1 heteroatoms. The van der Waals surface area contributed by atoms with Gasteiger partial charge in [-0.25, -0.2) is 0 Å². The van der Waals surface area contributed by atoms with E-state index in [1.807, 2.05) is 6.07 Å². The van der Waals surface area contributed by atoms with Crippen molar-refractivity contribution in [3.8, 4) is 0 Å². The summed E-state index contributed by atoms with van der Waals surface area (Å²) in [4.78, 5) is 0. The minimum absolute atomic E-state index is 0.468. The van der Waals surface area contributed by atoms with E-state index in [4.69, 9.17) is 4.74 Å². The standard InChI is InChI=1S/C13H16O/c1-2-6-12(7-3-1)8-4-9-13-10-5-11-14-13/h1-4,6-8,13H,5,9-11H2/b8-4+. The van der Waals surface area contributed by atoms with E-state index in [1.165, 1.54) is 18.4 Å². The van der Waals surface area contributed by atoms with Gasteiger partial charge in [0.05, 0.1) is 6.10 Å². The largest absolute Gasteiger partial charge is 0.378 e. The monoisotopic (exact) mass is 188 g/mol. The lowest BCUT2D eigenvalue weighted by Crippen LogP contribution is -2.01. The van der Waals surface area contributed by atoms with E-state index in [1.54, 1.807) is 0 Å². The summed E-state index contributed by atoms with van der Waals surface area (Å²) in [5, 5.41) is 0. The van der Waals surface area contributed by atoms with Gasteiger partial charge in [-0.2, -0.15) is 0 Å². The molecule has 1 saturated heterocycles. The third-order valence-corrected chi connectivity index (χ3v) is 2.53. The van der Waals surface area contributed by atoms with Crippen molar-refractivity contribution in [1.82, 2.24) is 0 Å². The molecule has 1 heterocycles. The molecule has 1 aromatic carbocycles. The zero-order valence-corrected chi connectivity index (χ0v) is 8.36. The molecule has 0 radical (unpaired) electrons. The minimum Gasteiger partial charge on any atom is -0.378 e. The summed E-state index contributed by atoms with van der Waals surface area (Å²) in [6.07, 6.45) is 8.35. The molecular weight excluding hydrogens is 172 g/mol. The highest BCUT2D eigenvalue weighted by Gasteiger charge is 2.12. The molecule has 0 aromatic heterocycles. The Kier molecular flexibility index (Phi) is 3.36. The molecule has 0 saturated carbocycles. The molecule has 0 bridgehead atoms. The van der Waals surface area contributed by atoms with Crippen LogP contribution >= 0.6 is 0 Å². The molecule has 74 valence electrons. The van der Waals surface area contributed by atoms with Crippen LogP contribution in [0.5, 0.6) is 0 Å². The van der Waals surface area contributed by atoms with Gasteiger partial charge in [-0.3, -0.25) is 0 Å². The molecule has 1 aliphatic rings. The molecule has 1 fully saturated rings. The van der Waals surface area contributed by atoms with Gasteiger partial charge in [-0.15, -0.1) is 0 Å². The fraction of sp³-hybridized carbons (Fsp3) is 0.385. The van der Waals surface area contributed by atoms with Crippen molar-refractivity contribution in [2.24, 2.45) is 0 Å². The van der Waals surface area contributed by atoms with E-state index in [0.717, 1.165) is 13.0 Å². The molecule has 2 rings (SSSR count). The van der Waals surface area contributed by atoms with Crippen LogP contribution in [0, 0.1) is 0 Å². The number of rotatable bonds is 3. The molecule has 1 atom stereocenters. The second-order valence-electron chi connectivity index (χ2n) is 3.68. The second kappa shape index (κ2) is 4.97. The number of benzene rings is 1. The lowest BCUT2D eigenvalue weighted by Gasteiger charge is -2.03. The predicted octanol–water partition coefficient (Wildman–Crippen LogP) is 3.27. The molecule has 0 N–H and O–H groups in total. The van der Waals surface area contributed by atoms with Crippen LogP contribution in [-0.4, -0.2) is 12.7 Å². The number of ether oxygens (including phenoxy) is 1. The summed E-state index contributed by atoms with van der Waals surface area (Å²) in [5.74, 6) is 0. The first-order chi connectivity index (χ1) is 6.95. The van der Waals surface area contributed by atoms with E-state index < -0.39 is 0 Å². The average molecular weight is 188 g/mol. The van der Waals surface area contributed by atoms with Crippen molar-refractivity contribution in [1.29, 1.82) is 0 Å². The summed E-state index contributed by atoms with van der Waals surface area (Å²) in [6, 6.07) is 10.4. The third kappa shape index (κ3) is 2.71. The molecular formula is C13H16O. The van der Waals surface area contributed by atoms with E-state index in [2.05, 4.69) is 36.4 Å². The Morgan fingerprint density at radius 2 is 2.14 bits per heavy atom. The Morgan fingerprint density at radius 3 is 2.86 bits per heavy atom. The molecule has 1 aliphatic heterocycles. The van der Waals surface area contributed by atoms with Crippen LogP contribution in [0.4, 0.5) is 0 Å². The molecule has 0 spiro atoms. The zero-order chi connectivity index (χ0) is 9.64. The summed E-state index contributed by atoms with van der Waals surface area (Å²) >= 11 is 0. The first-order valence-corrected chi connectivity index (χ1v) is 5.28. The Morgan fingerprint density at radius 1 is 1.29 bits per heavy atom. The summed E-state index contributed by atoms with van der Waals surface area (Å²) < 4.78 is 5.54. The molecule has 0 amide bonds. The predicted molar refractivity (Wildman–Crippen MR) is 59.1 cm³/mol. The normalized spacial score (nSPS) is 21.9. The highest BCUT2D eigenvalue weighted by atomic mass is 16.5. The maximum atomic E-state index is 5.54. The van der Waals surface area contributed by atoms with Crippen LogP contribution < -0.4 is 0 Å². The second-order valence-corrected chi connectivity index (χ2v) is 3.68. The van der Waals surface area contributed by atoms with Crippen molar-refractivity contribution >= 4 is 6.08 Å². The minimum atomic E-state index is 0.468. The highest BCUT2D eigenvalue weighted by molar-refractivity contribution is 5.48. The first-order valence-electron chi connectivity index (χ1n) is 5.28. The maximum Gasteiger partial charge on any atom is 0.0610 e. The third-order valence-electron chi connectivity index (χ3n) is 2.53. The average Bonchev–Trinajstić information content (AvgIpc) is 2.72. The lowest BCUT2D eigenvalue weighted by molar-refractivity contribution is 0.113. The van der Waals surface area contributed by atoms with Crippen LogP contribution in [-0.2, 0) is 4.74 Å². The molecule has 14 heavy (non-hydrogen) atoms. The topological polar surface area (TPSA) is 9.23 Å². The Hall–Kier alpha value is -1.08. The number of hydrogen-bond acceptors (Lipinski definition) is 1. The Bertz CT molecular complexity index is 283. The van der Waals surface area contributed by atoms with Crippen LogP contribution in [0.3, 0.4) is 0 Å². The zero-order valence-electron chi connectivity index (χ0n) is 8.36. The molecule has 1 unspecified atom stereocenters. The summed E-state index contributed by atoms with van der Waals surface area (Å²) in [7, 11) is 0. The highest BCUT2D eigenvalue weighted by Crippen LogP contribution is 2.16. The van der Waals surface area contributed by atoms with Gasteiger partial charge in [0, 0.05) is 6.61 Å². The van der Waals surface area contributed by atoms with Crippen molar-refractivity contribution in [2.75, 3.05) is 6.61 Å². The van der Waals surface area contributed by atoms with Gasteiger partial charge in [0.1, 0.15) is 0 Å². The van der Waals surface area contributed by atoms with E-state index >= 15 is 0 Å². The Balaban J connectivity index is 1.82. The molecule has 0 aliphatic carbocycles. The maximum absolute atomic E-state index is 5.54. The fourth-order valence-corrected chi connectivity index (χ4v) is 1.75. The molecule has 1 nitrogen and oxygen atoms in total. The van der Waals surface area contributed by atoms with Crippen molar-refractivity contribution < 1.29 is 4.74 Å². The Labute approximate surface area is 85.4 Å². The van der Waals surface area contributed by atoms with E-state index in [-0.39, 0.29) is 0 Å². The van der Waals surface area contributed by atoms with Gasteiger partial charge in [0.15, 0.2) is 0 Å². The van der Waals surface area contributed by atoms with Gasteiger partial charge in [0.25, 0.3) is 0 Å². The van der Waals surface area contributed by atoms with Crippen LogP contribution in [0.15, 0.2) is 36.4 Å². The lowest BCUT2D eigenvalue weighted by atomic mass is 10.1. The van der Waals surface area contributed by atoms with Crippen molar-refractivity contribution in [2.45, 2.75) is 25.4 Å². The van der Waals surface area contributed by atoms with Crippen LogP contribution in [0.25, 0.3) is 6.08 Å². The fourth-order valence-electron chi connectivity index (χ4n) is 1.75. The smallest absolute Gasteiger partial charge is 0.0610 e. The quantitative estimate of drug-likeness (QED) is 0.707. The summed E-state index contributed by atoms with van der Waals surface area (Å²) in [5.41, 5.74) is 1.27. The number of hydrogen-bond donors (Lipinski definition) is 0. The van der Waals surface area contributed by atoms with Gasteiger partial charge < -0.3 is 4.74 Å². The van der Waals surface area contributed by atoms with Crippen molar-refractivity contribution in [3.63, 3.8) is 0 Å². The van der Waals surface area contributed by atoms with Crippen LogP contribution in [0.2, 0.25) is 0 Å². The first kappa shape index (κ1) is 9.47. The van der Waals surface area contributed by atoms with Gasteiger partial charge in [-0.1, -0.05) is 42.5 Å². The summed E-state index contributed by atoms with van der Waals surface area (Å²) in [6.45, 7) is 0.948. The van der Waals surface area contributed by atoms with E-state index in [0.29, 0.717) is 6.10 Å². The molecule has 1 aromatic rings. The SMILES string of the molecule is C(=C\c1ccccc1)/CC1CCCO1. The van der Waals surface area contributed by atoms with Gasteiger partial charge >= 0.3 is 0 Å². The van der Waals surface area contributed by atoms with Gasteiger partial charge in [-0.05, 0) is 24.8 Å². The van der Waals surface area contributed by atoms with Crippen molar-refractivity contribution in [3.05, 3.63) is 42.0 Å². The van der Waals surface area contributed by atoms with Crippen LogP contribution in [0.1, 0.15) is 24.8 Å².